The lowest BCUT2D eigenvalue weighted by atomic mass is 10.1. The lowest BCUT2D eigenvalue weighted by Gasteiger charge is -2.11. The first-order valence-corrected chi connectivity index (χ1v) is 5.32. The maximum absolute atomic E-state index is 10.1. The summed E-state index contributed by atoms with van der Waals surface area (Å²) in [6.45, 7) is 2.46. The highest BCUT2D eigenvalue weighted by Gasteiger charge is 2.12. The monoisotopic (exact) mass is 231 g/mol. The minimum absolute atomic E-state index is 0.565. The molecule has 0 aliphatic rings. The average Bonchev–Trinajstić information content (AvgIpc) is 2.40. The van der Waals surface area contributed by atoms with Gasteiger partial charge in [0.05, 0.1) is 12.8 Å². The topological polar surface area (TPSA) is 68.1 Å². The quantitative estimate of drug-likeness (QED) is 0.860. The largest absolute Gasteiger partial charge is 0.492 e. The maximum Gasteiger partial charge on any atom is 0.137 e. The van der Waals surface area contributed by atoms with Crippen molar-refractivity contribution in [1.82, 2.24) is 15.0 Å². The third-order valence-corrected chi connectivity index (χ3v) is 2.26. The van der Waals surface area contributed by atoms with Gasteiger partial charge in [-0.1, -0.05) is 0 Å². The number of ether oxygens (including phenoxy) is 1. The second kappa shape index (κ2) is 5.36. The Bertz CT molecular complexity index is 476. The van der Waals surface area contributed by atoms with Gasteiger partial charge in [0.2, 0.25) is 0 Å². The van der Waals surface area contributed by atoms with Crippen LogP contribution in [0.25, 0.3) is 0 Å². The third kappa shape index (κ3) is 2.76. The van der Waals surface area contributed by atoms with Gasteiger partial charge < -0.3 is 9.84 Å². The van der Waals surface area contributed by atoms with Crippen LogP contribution in [-0.4, -0.2) is 26.7 Å². The summed E-state index contributed by atoms with van der Waals surface area (Å²) in [6.07, 6.45) is 6.99. The molecular weight excluding hydrogens is 218 g/mol. The van der Waals surface area contributed by atoms with E-state index < -0.39 is 6.10 Å². The minimum atomic E-state index is -0.788. The van der Waals surface area contributed by atoms with Crippen LogP contribution in [0.5, 0.6) is 5.75 Å². The van der Waals surface area contributed by atoms with Crippen molar-refractivity contribution in [2.24, 2.45) is 0 Å². The van der Waals surface area contributed by atoms with Crippen molar-refractivity contribution in [1.29, 1.82) is 0 Å². The van der Waals surface area contributed by atoms with Gasteiger partial charge in [-0.15, -0.1) is 0 Å². The smallest absolute Gasteiger partial charge is 0.137 e. The second-order valence-electron chi connectivity index (χ2n) is 3.46. The van der Waals surface area contributed by atoms with Crippen LogP contribution < -0.4 is 4.74 Å². The number of aromatic nitrogens is 3. The fraction of sp³-hybridized carbons (Fsp3) is 0.250. The molecule has 0 aliphatic heterocycles. The highest BCUT2D eigenvalue weighted by molar-refractivity contribution is 5.30. The van der Waals surface area contributed by atoms with E-state index in [1.165, 1.54) is 6.33 Å². The van der Waals surface area contributed by atoms with Gasteiger partial charge in [-0.3, -0.25) is 4.98 Å². The predicted octanol–water partition coefficient (Wildman–Crippen LogP) is 1.35. The van der Waals surface area contributed by atoms with Gasteiger partial charge in [-0.25, -0.2) is 9.97 Å². The molecule has 2 aromatic heterocycles. The van der Waals surface area contributed by atoms with Crippen LogP contribution in [0.2, 0.25) is 0 Å². The Kier molecular flexibility index (Phi) is 3.62. The zero-order valence-electron chi connectivity index (χ0n) is 9.45. The van der Waals surface area contributed by atoms with Gasteiger partial charge >= 0.3 is 0 Å². The summed E-state index contributed by atoms with van der Waals surface area (Å²) >= 11 is 0. The predicted molar refractivity (Wildman–Crippen MR) is 61.5 cm³/mol. The molecule has 0 bridgehead atoms. The summed E-state index contributed by atoms with van der Waals surface area (Å²) in [5.41, 5.74) is 1.29. The molecule has 2 rings (SSSR count). The van der Waals surface area contributed by atoms with Crippen LogP contribution in [0.3, 0.4) is 0 Å². The number of hydrogen-bond donors (Lipinski definition) is 1. The van der Waals surface area contributed by atoms with Crippen molar-refractivity contribution >= 4 is 0 Å². The fourth-order valence-corrected chi connectivity index (χ4v) is 1.48. The van der Waals surface area contributed by atoms with E-state index in [1.54, 1.807) is 30.9 Å². The molecule has 1 unspecified atom stereocenters. The molecule has 5 nitrogen and oxygen atoms in total. The van der Waals surface area contributed by atoms with Gasteiger partial charge in [0.1, 0.15) is 18.2 Å². The standard InChI is InChI=1S/C12H13N3O2/c1-2-17-11-3-9(4-13-7-11)12(16)10-5-14-8-15-6-10/h3-8,12,16H,2H2,1H3. The van der Waals surface area contributed by atoms with E-state index in [4.69, 9.17) is 4.74 Å². The summed E-state index contributed by atoms with van der Waals surface area (Å²) in [7, 11) is 0. The van der Waals surface area contributed by atoms with E-state index in [0.29, 0.717) is 23.5 Å². The first-order chi connectivity index (χ1) is 8.31. The Labute approximate surface area is 99.2 Å². The minimum Gasteiger partial charge on any atom is -0.492 e. The first-order valence-electron chi connectivity index (χ1n) is 5.32. The van der Waals surface area contributed by atoms with Crippen LogP contribution in [0.1, 0.15) is 24.2 Å². The number of aliphatic hydroxyl groups is 1. The average molecular weight is 231 g/mol. The Balaban J connectivity index is 2.25. The van der Waals surface area contributed by atoms with Gasteiger partial charge in [0.15, 0.2) is 0 Å². The zero-order chi connectivity index (χ0) is 12.1. The molecule has 0 radical (unpaired) electrons. The third-order valence-electron chi connectivity index (χ3n) is 2.26. The number of rotatable bonds is 4. The molecule has 1 atom stereocenters. The molecule has 0 fully saturated rings. The Morgan fingerprint density at radius 1 is 1.12 bits per heavy atom. The fourth-order valence-electron chi connectivity index (χ4n) is 1.48. The molecule has 0 spiro atoms. The molecule has 5 heteroatoms. The number of pyridine rings is 1. The van der Waals surface area contributed by atoms with E-state index in [0.717, 1.165) is 0 Å². The number of aliphatic hydroxyl groups excluding tert-OH is 1. The summed E-state index contributed by atoms with van der Waals surface area (Å²) in [5.74, 6) is 0.640. The Morgan fingerprint density at radius 2 is 1.82 bits per heavy atom. The van der Waals surface area contributed by atoms with Crippen molar-refractivity contribution in [2.45, 2.75) is 13.0 Å². The molecular formula is C12H13N3O2. The molecule has 1 N–H and O–H groups in total. The highest BCUT2D eigenvalue weighted by atomic mass is 16.5. The normalized spacial score (nSPS) is 12.1. The molecule has 0 aromatic carbocycles. The molecule has 0 saturated carbocycles. The van der Waals surface area contributed by atoms with Crippen LogP contribution >= 0.6 is 0 Å². The molecule has 0 amide bonds. The van der Waals surface area contributed by atoms with E-state index in [-0.39, 0.29) is 0 Å². The molecule has 2 aromatic rings. The summed E-state index contributed by atoms with van der Waals surface area (Å²) in [4.78, 5) is 11.8. The summed E-state index contributed by atoms with van der Waals surface area (Å²) < 4.78 is 5.33. The summed E-state index contributed by atoms with van der Waals surface area (Å²) in [6, 6.07) is 1.76. The Morgan fingerprint density at radius 3 is 2.53 bits per heavy atom. The van der Waals surface area contributed by atoms with Crippen LogP contribution in [0.4, 0.5) is 0 Å². The van der Waals surface area contributed by atoms with Gasteiger partial charge in [-0.2, -0.15) is 0 Å². The van der Waals surface area contributed by atoms with Crippen molar-refractivity contribution in [3.63, 3.8) is 0 Å². The van der Waals surface area contributed by atoms with Crippen molar-refractivity contribution in [2.75, 3.05) is 6.61 Å². The number of nitrogens with zero attached hydrogens (tertiary/aromatic N) is 3. The van der Waals surface area contributed by atoms with Gasteiger partial charge in [0, 0.05) is 29.7 Å². The van der Waals surface area contributed by atoms with E-state index in [9.17, 15) is 5.11 Å². The molecule has 0 saturated heterocycles. The summed E-state index contributed by atoms with van der Waals surface area (Å²) in [5, 5.41) is 10.1. The Hall–Kier alpha value is -2.01. The maximum atomic E-state index is 10.1. The lowest BCUT2D eigenvalue weighted by Crippen LogP contribution is -2.02. The highest BCUT2D eigenvalue weighted by Crippen LogP contribution is 2.22. The van der Waals surface area contributed by atoms with Gasteiger partial charge in [0.25, 0.3) is 0 Å². The molecule has 17 heavy (non-hydrogen) atoms. The van der Waals surface area contributed by atoms with Crippen molar-refractivity contribution in [3.8, 4) is 5.75 Å². The molecule has 88 valence electrons. The van der Waals surface area contributed by atoms with Gasteiger partial charge in [-0.05, 0) is 13.0 Å². The number of hydrogen-bond acceptors (Lipinski definition) is 5. The first kappa shape index (κ1) is 11.5. The second-order valence-corrected chi connectivity index (χ2v) is 3.46. The van der Waals surface area contributed by atoms with E-state index in [2.05, 4.69) is 15.0 Å². The molecule has 0 aliphatic carbocycles. The van der Waals surface area contributed by atoms with Crippen molar-refractivity contribution in [3.05, 3.63) is 48.3 Å². The van der Waals surface area contributed by atoms with Crippen LogP contribution in [-0.2, 0) is 0 Å². The van der Waals surface area contributed by atoms with E-state index in [1.807, 2.05) is 6.92 Å². The lowest BCUT2D eigenvalue weighted by molar-refractivity contribution is 0.218. The van der Waals surface area contributed by atoms with E-state index >= 15 is 0 Å². The molecule has 2 heterocycles. The SMILES string of the molecule is CCOc1cncc(C(O)c2cncnc2)c1. The van der Waals surface area contributed by atoms with Crippen LogP contribution in [0, 0.1) is 0 Å². The van der Waals surface area contributed by atoms with Crippen molar-refractivity contribution < 1.29 is 9.84 Å². The zero-order valence-corrected chi connectivity index (χ0v) is 9.45. The van der Waals surface area contributed by atoms with Crippen LogP contribution in [0.15, 0.2) is 37.2 Å².